The van der Waals surface area contributed by atoms with E-state index in [1.807, 2.05) is 6.92 Å². The third-order valence-electron chi connectivity index (χ3n) is 3.80. The second-order valence-electron chi connectivity index (χ2n) is 5.89. The van der Waals surface area contributed by atoms with E-state index in [2.05, 4.69) is 0 Å². The summed E-state index contributed by atoms with van der Waals surface area (Å²) in [6, 6.07) is 3.02. The summed E-state index contributed by atoms with van der Waals surface area (Å²) in [5, 5.41) is 18.3. The highest BCUT2D eigenvalue weighted by atomic mass is 16.5. The smallest absolute Gasteiger partial charge is 0.303 e. The van der Waals surface area contributed by atoms with E-state index in [1.54, 1.807) is 13.0 Å². The molecule has 21 heavy (non-hydrogen) atoms. The van der Waals surface area contributed by atoms with Gasteiger partial charge in [-0.15, -0.1) is 0 Å². The molecule has 0 aromatic heterocycles. The van der Waals surface area contributed by atoms with E-state index < -0.39 is 11.6 Å². The van der Waals surface area contributed by atoms with Gasteiger partial charge in [0.05, 0.1) is 12.0 Å². The van der Waals surface area contributed by atoms with E-state index in [4.69, 9.17) is 9.84 Å². The summed E-state index contributed by atoms with van der Waals surface area (Å²) in [6.07, 6.45) is 2.26. The van der Waals surface area contributed by atoms with Gasteiger partial charge in [0.15, 0.2) is 5.78 Å². The Bertz CT molecular complexity index is 578. The van der Waals surface area contributed by atoms with Crippen LogP contribution in [0, 0.1) is 6.92 Å². The van der Waals surface area contributed by atoms with Gasteiger partial charge in [-0.1, -0.05) is 0 Å². The molecule has 2 rings (SSSR count). The Kier molecular flexibility index (Phi) is 4.21. The Labute approximate surface area is 123 Å². The van der Waals surface area contributed by atoms with Crippen molar-refractivity contribution in [1.82, 2.24) is 0 Å². The monoisotopic (exact) mass is 292 g/mol. The molecule has 1 unspecified atom stereocenters. The molecular formula is C16H20O5. The summed E-state index contributed by atoms with van der Waals surface area (Å²) in [6.45, 7) is 3.63. The van der Waals surface area contributed by atoms with Gasteiger partial charge in [-0.2, -0.15) is 0 Å². The molecular weight excluding hydrogens is 272 g/mol. The zero-order valence-electron chi connectivity index (χ0n) is 12.3. The van der Waals surface area contributed by atoms with Gasteiger partial charge in [0.1, 0.15) is 17.1 Å². The number of benzene rings is 1. The number of carboxylic acid groups (broad SMARTS) is 1. The van der Waals surface area contributed by atoms with Crippen LogP contribution in [0.3, 0.4) is 0 Å². The molecule has 0 bridgehead atoms. The second kappa shape index (κ2) is 5.76. The largest absolute Gasteiger partial charge is 0.508 e. The highest BCUT2D eigenvalue weighted by Gasteiger charge is 2.37. The lowest BCUT2D eigenvalue weighted by Crippen LogP contribution is -2.39. The molecule has 0 radical (unpaired) electrons. The molecule has 0 fully saturated rings. The Morgan fingerprint density at radius 1 is 1.38 bits per heavy atom. The number of aliphatic carboxylic acids is 1. The zero-order chi connectivity index (χ0) is 15.6. The minimum absolute atomic E-state index is 0.00878. The lowest BCUT2D eigenvalue weighted by atomic mass is 9.86. The Hall–Kier alpha value is -2.04. The molecule has 0 saturated carbocycles. The number of aromatic hydroxyl groups is 1. The molecule has 1 aromatic carbocycles. The molecule has 5 heteroatoms. The number of phenols is 1. The second-order valence-corrected chi connectivity index (χ2v) is 5.89. The van der Waals surface area contributed by atoms with Crippen LogP contribution >= 0.6 is 0 Å². The van der Waals surface area contributed by atoms with Crippen LogP contribution in [-0.4, -0.2) is 27.6 Å². The van der Waals surface area contributed by atoms with Gasteiger partial charge in [-0.05, 0) is 44.7 Å². The maximum absolute atomic E-state index is 12.3. The van der Waals surface area contributed by atoms with Crippen LogP contribution in [0.4, 0.5) is 0 Å². The highest BCUT2D eigenvalue weighted by Crippen LogP contribution is 2.39. The van der Waals surface area contributed by atoms with Crippen molar-refractivity contribution < 1.29 is 24.5 Å². The normalized spacial score (nSPS) is 20.8. The Morgan fingerprint density at radius 3 is 2.76 bits per heavy atom. The summed E-state index contributed by atoms with van der Waals surface area (Å²) in [5.41, 5.74) is 0.613. The summed E-state index contributed by atoms with van der Waals surface area (Å²) < 4.78 is 5.93. The van der Waals surface area contributed by atoms with Crippen molar-refractivity contribution in [3.8, 4) is 11.5 Å². The molecule has 1 atom stereocenters. The van der Waals surface area contributed by atoms with E-state index in [1.165, 1.54) is 6.07 Å². The van der Waals surface area contributed by atoms with Gasteiger partial charge in [0.25, 0.3) is 0 Å². The topological polar surface area (TPSA) is 83.8 Å². The summed E-state index contributed by atoms with van der Waals surface area (Å²) in [7, 11) is 0. The molecule has 1 aliphatic rings. The highest BCUT2D eigenvalue weighted by molar-refractivity contribution is 6.01. The van der Waals surface area contributed by atoms with Gasteiger partial charge >= 0.3 is 5.97 Å². The fraction of sp³-hybridized carbons (Fsp3) is 0.500. The van der Waals surface area contributed by atoms with Crippen LogP contribution in [0.5, 0.6) is 11.5 Å². The van der Waals surface area contributed by atoms with Gasteiger partial charge in [-0.3, -0.25) is 9.59 Å². The van der Waals surface area contributed by atoms with Crippen LogP contribution in [-0.2, 0) is 4.79 Å². The SMILES string of the molecule is Cc1cc(O)cc2c1C(=O)CC(C)(CCCCC(=O)O)O2. The van der Waals surface area contributed by atoms with Gasteiger partial charge in [0.2, 0.25) is 0 Å². The predicted octanol–water partition coefficient (Wildman–Crippen LogP) is 3.07. The van der Waals surface area contributed by atoms with E-state index in [0.29, 0.717) is 36.1 Å². The molecule has 0 spiro atoms. The molecule has 2 N–H and O–H groups in total. The number of unbranched alkanes of at least 4 members (excludes halogenated alkanes) is 1. The molecule has 1 aromatic rings. The number of fused-ring (bicyclic) bond motifs is 1. The fourth-order valence-corrected chi connectivity index (χ4v) is 2.82. The summed E-state index contributed by atoms with van der Waals surface area (Å²) >= 11 is 0. The van der Waals surface area contributed by atoms with Crippen molar-refractivity contribution >= 4 is 11.8 Å². The molecule has 0 saturated heterocycles. The van der Waals surface area contributed by atoms with Crippen molar-refractivity contribution in [2.75, 3.05) is 0 Å². The Morgan fingerprint density at radius 2 is 2.10 bits per heavy atom. The number of ether oxygens (including phenoxy) is 1. The van der Waals surface area contributed by atoms with Gasteiger partial charge < -0.3 is 14.9 Å². The third kappa shape index (κ3) is 3.54. The Balaban J connectivity index is 2.11. The summed E-state index contributed by atoms with van der Waals surface area (Å²) in [4.78, 5) is 22.8. The number of aryl methyl sites for hydroxylation is 1. The molecule has 0 amide bonds. The lowest BCUT2D eigenvalue weighted by Gasteiger charge is -2.35. The summed E-state index contributed by atoms with van der Waals surface area (Å²) in [5.74, 6) is -0.306. The first-order valence-corrected chi connectivity index (χ1v) is 7.08. The van der Waals surface area contributed by atoms with Gasteiger partial charge in [0, 0.05) is 12.5 Å². The van der Waals surface area contributed by atoms with Crippen molar-refractivity contribution in [2.24, 2.45) is 0 Å². The maximum Gasteiger partial charge on any atom is 0.303 e. The number of ketones is 1. The van der Waals surface area contributed by atoms with Crippen molar-refractivity contribution in [2.45, 2.75) is 51.6 Å². The number of hydrogen-bond donors (Lipinski definition) is 2. The first kappa shape index (κ1) is 15.4. The predicted molar refractivity (Wildman–Crippen MR) is 76.9 cm³/mol. The van der Waals surface area contributed by atoms with Gasteiger partial charge in [-0.25, -0.2) is 0 Å². The first-order valence-electron chi connectivity index (χ1n) is 7.08. The third-order valence-corrected chi connectivity index (χ3v) is 3.80. The molecule has 5 nitrogen and oxygen atoms in total. The molecule has 0 aliphatic carbocycles. The number of phenolic OH excluding ortho intramolecular Hbond substituents is 1. The number of Topliss-reactive ketones (excluding diaryl/α,β-unsaturated/α-hetero) is 1. The van der Waals surface area contributed by atoms with Crippen LogP contribution in [0.15, 0.2) is 12.1 Å². The minimum atomic E-state index is -0.813. The average molecular weight is 292 g/mol. The standard InChI is InChI=1S/C16H20O5/c1-10-7-11(17)8-13-15(10)12(18)9-16(2,21-13)6-4-3-5-14(19)20/h7-8,17H,3-6,9H2,1-2H3,(H,19,20). The molecule has 1 heterocycles. The number of rotatable bonds is 5. The number of carboxylic acids is 1. The van der Waals surface area contributed by atoms with E-state index >= 15 is 0 Å². The average Bonchev–Trinajstić information content (AvgIpc) is 2.32. The van der Waals surface area contributed by atoms with Crippen LogP contribution in [0.1, 0.15) is 54.9 Å². The lowest BCUT2D eigenvalue weighted by molar-refractivity contribution is -0.137. The molecule has 114 valence electrons. The van der Waals surface area contributed by atoms with Crippen molar-refractivity contribution in [3.05, 3.63) is 23.3 Å². The van der Waals surface area contributed by atoms with Crippen LogP contribution < -0.4 is 4.74 Å². The van der Waals surface area contributed by atoms with E-state index in [9.17, 15) is 14.7 Å². The number of hydrogen-bond acceptors (Lipinski definition) is 4. The minimum Gasteiger partial charge on any atom is -0.508 e. The quantitative estimate of drug-likeness (QED) is 0.815. The van der Waals surface area contributed by atoms with Crippen LogP contribution in [0.25, 0.3) is 0 Å². The van der Waals surface area contributed by atoms with E-state index in [-0.39, 0.29) is 24.4 Å². The fourth-order valence-electron chi connectivity index (χ4n) is 2.82. The van der Waals surface area contributed by atoms with Crippen molar-refractivity contribution in [3.63, 3.8) is 0 Å². The van der Waals surface area contributed by atoms with E-state index in [0.717, 1.165) is 0 Å². The maximum atomic E-state index is 12.3. The molecule has 1 aliphatic heterocycles. The van der Waals surface area contributed by atoms with Crippen LogP contribution in [0.2, 0.25) is 0 Å². The van der Waals surface area contributed by atoms with Crippen molar-refractivity contribution in [1.29, 1.82) is 0 Å². The zero-order valence-corrected chi connectivity index (χ0v) is 12.3. The first-order chi connectivity index (χ1) is 9.81. The number of carbonyl (C=O) groups excluding carboxylic acids is 1. The number of carbonyl (C=O) groups is 2.